The molecule has 0 aromatic heterocycles. The Morgan fingerprint density at radius 2 is 1.78 bits per heavy atom. The SMILES string of the molecule is Cc1cc(I)ccc1N(CCCC(=O)NC(C)(C)CC(C)(C)C)S(C)(=O)=O. The standard InChI is InChI=1S/C20H33IN2O3S/c1-15-13-16(21)10-11-17(15)23(27(7,25)26)12-8-9-18(24)22-20(5,6)14-19(2,3)4/h10-11,13H,8-9,12,14H2,1-7H3,(H,22,24). The van der Waals surface area contributed by atoms with Crippen LogP contribution >= 0.6 is 22.6 Å². The van der Waals surface area contributed by atoms with E-state index >= 15 is 0 Å². The number of hydrogen-bond acceptors (Lipinski definition) is 3. The van der Waals surface area contributed by atoms with E-state index in [0.717, 1.165) is 15.6 Å². The maximum absolute atomic E-state index is 12.3. The van der Waals surface area contributed by atoms with Gasteiger partial charge in [-0.3, -0.25) is 9.10 Å². The zero-order valence-corrected chi connectivity index (χ0v) is 20.5. The molecule has 0 unspecified atom stereocenters. The molecule has 0 bridgehead atoms. The third-order valence-corrected chi connectivity index (χ3v) is 5.89. The van der Waals surface area contributed by atoms with Crippen LogP contribution in [0.25, 0.3) is 0 Å². The summed E-state index contributed by atoms with van der Waals surface area (Å²) in [6.07, 6.45) is 2.83. The van der Waals surface area contributed by atoms with Gasteiger partial charge in [0.15, 0.2) is 0 Å². The summed E-state index contributed by atoms with van der Waals surface area (Å²) < 4.78 is 27.0. The molecule has 7 heteroatoms. The van der Waals surface area contributed by atoms with Gasteiger partial charge in [-0.15, -0.1) is 0 Å². The Morgan fingerprint density at radius 1 is 1.19 bits per heavy atom. The monoisotopic (exact) mass is 508 g/mol. The van der Waals surface area contributed by atoms with Crippen molar-refractivity contribution in [3.63, 3.8) is 0 Å². The number of hydrogen-bond donors (Lipinski definition) is 1. The fourth-order valence-corrected chi connectivity index (χ4v) is 5.23. The van der Waals surface area contributed by atoms with E-state index in [4.69, 9.17) is 0 Å². The largest absolute Gasteiger partial charge is 0.351 e. The van der Waals surface area contributed by atoms with Gasteiger partial charge in [-0.05, 0) is 85.4 Å². The van der Waals surface area contributed by atoms with Crippen LogP contribution in [0, 0.1) is 15.9 Å². The van der Waals surface area contributed by atoms with Gasteiger partial charge >= 0.3 is 0 Å². The number of benzene rings is 1. The number of carbonyl (C=O) groups is 1. The van der Waals surface area contributed by atoms with Crippen LogP contribution < -0.4 is 9.62 Å². The molecule has 0 saturated heterocycles. The zero-order valence-electron chi connectivity index (χ0n) is 17.5. The highest BCUT2D eigenvalue weighted by molar-refractivity contribution is 14.1. The number of amides is 1. The van der Waals surface area contributed by atoms with Crippen LogP contribution in [0.15, 0.2) is 18.2 Å². The molecule has 0 heterocycles. The molecule has 1 N–H and O–H groups in total. The predicted molar refractivity (Wildman–Crippen MR) is 122 cm³/mol. The smallest absolute Gasteiger partial charge is 0.232 e. The first kappa shape index (κ1) is 24.2. The van der Waals surface area contributed by atoms with Crippen molar-refractivity contribution in [3.05, 3.63) is 27.3 Å². The molecule has 1 aromatic rings. The summed E-state index contributed by atoms with van der Waals surface area (Å²) in [5, 5.41) is 3.08. The van der Waals surface area contributed by atoms with Crippen molar-refractivity contribution in [1.82, 2.24) is 5.32 Å². The predicted octanol–water partition coefficient (Wildman–Crippen LogP) is 4.48. The number of rotatable bonds is 8. The molecule has 1 aromatic carbocycles. The van der Waals surface area contributed by atoms with E-state index in [1.165, 1.54) is 10.6 Å². The number of sulfonamides is 1. The van der Waals surface area contributed by atoms with Gasteiger partial charge in [0.25, 0.3) is 0 Å². The van der Waals surface area contributed by atoms with Gasteiger partial charge in [-0.1, -0.05) is 20.8 Å². The maximum Gasteiger partial charge on any atom is 0.232 e. The molecule has 0 aliphatic rings. The van der Waals surface area contributed by atoms with Gasteiger partial charge in [0.2, 0.25) is 15.9 Å². The molecule has 1 rings (SSSR count). The highest BCUT2D eigenvalue weighted by Gasteiger charge is 2.27. The second-order valence-electron chi connectivity index (χ2n) is 9.04. The van der Waals surface area contributed by atoms with Gasteiger partial charge in [-0.25, -0.2) is 8.42 Å². The van der Waals surface area contributed by atoms with E-state index in [1.54, 1.807) is 0 Å². The first-order chi connectivity index (χ1) is 12.1. The van der Waals surface area contributed by atoms with Crippen LogP contribution in [0.2, 0.25) is 0 Å². The van der Waals surface area contributed by atoms with Crippen molar-refractivity contribution in [3.8, 4) is 0 Å². The second-order valence-corrected chi connectivity index (χ2v) is 12.2. The number of nitrogens with zero attached hydrogens (tertiary/aromatic N) is 1. The molecule has 0 radical (unpaired) electrons. The molecule has 1 amide bonds. The minimum absolute atomic E-state index is 0.0444. The highest BCUT2D eigenvalue weighted by atomic mass is 127. The van der Waals surface area contributed by atoms with Crippen molar-refractivity contribution in [2.45, 2.75) is 66.3 Å². The summed E-state index contributed by atoms with van der Waals surface area (Å²) in [7, 11) is -3.41. The van der Waals surface area contributed by atoms with E-state index in [-0.39, 0.29) is 23.4 Å². The number of carbonyl (C=O) groups excluding carboxylic acids is 1. The second kappa shape index (κ2) is 9.11. The quantitative estimate of drug-likeness (QED) is 0.527. The van der Waals surface area contributed by atoms with Gasteiger partial charge in [0.05, 0.1) is 11.9 Å². The molecular weight excluding hydrogens is 475 g/mol. The van der Waals surface area contributed by atoms with Crippen molar-refractivity contribution in [2.24, 2.45) is 5.41 Å². The number of nitrogens with one attached hydrogen (secondary N) is 1. The van der Waals surface area contributed by atoms with E-state index in [9.17, 15) is 13.2 Å². The van der Waals surface area contributed by atoms with E-state index in [0.29, 0.717) is 18.5 Å². The van der Waals surface area contributed by atoms with Crippen LogP contribution in [0.3, 0.4) is 0 Å². The fourth-order valence-electron chi connectivity index (χ4n) is 3.56. The molecule has 27 heavy (non-hydrogen) atoms. The van der Waals surface area contributed by atoms with Crippen molar-refractivity contribution >= 4 is 44.2 Å². The topological polar surface area (TPSA) is 66.5 Å². The van der Waals surface area contributed by atoms with Crippen molar-refractivity contribution < 1.29 is 13.2 Å². The third-order valence-electron chi connectivity index (χ3n) is 4.04. The Bertz CT molecular complexity index is 768. The Labute approximate surface area is 178 Å². The number of anilines is 1. The Hall–Kier alpha value is -0.830. The highest BCUT2D eigenvalue weighted by Crippen LogP contribution is 2.27. The van der Waals surface area contributed by atoms with E-state index in [1.807, 2.05) is 39.0 Å². The summed E-state index contributed by atoms with van der Waals surface area (Å²) in [5.41, 5.74) is 1.40. The van der Waals surface area contributed by atoms with Crippen molar-refractivity contribution in [1.29, 1.82) is 0 Å². The summed E-state index contributed by atoms with van der Waals surface area (Å²) in [4.78, 5) is 12.3. The molecule has 5 nitrogen and oxygen atoms in total. The average molecular weight is 508 g/mol. The van der Waals surface area contributed by atoms with Crippen molar-refractivity contribution in [2.75, 3.05) is 17.1 Å². The van der Waals surface area contributed by atoms with E-state index < -0.39 is 10.0 Å². The van der Waals surface area contributed by atoms with E-state index in [2.05, 4.69) is 48.7 Å². The molecule has 0 fully saturated rings. The fraction of sp³-hybridized carbons (Fsp3) is 0.650. The summed E-state index contributed by atoms with van der Waals surface area (Å²) in [6.45, 7) is 12.7. The normalized spacial score (nSPS) is 12.7. The summed E-state index contributed by atoms with van der Waals surface area (Å²) in [5.74, 6) is -0.0444. The summed E-state index contributed by atoms with van der Waals surface area (Å²) >= 11 is 2.20. The van der Waals surface area contributed by atoms with Gasteiger partial charge in [0.1, 0.15) is 0 Å². The maximum atomic E-state index is 12.3. The lowest BCUT2D eigenvalue weighted by Gasteiger charge is -2.33. The number of aryl methyl sites for hydroxylation is 1. The zero-order chi connectivity index (χ0) is 21.0. The van der Waals surface area contributed by atoms with Crippen LogP contribution in [0.4, 0.5) is 5.69 Å². The first-order valence-corrected chi connectivity index (χ1v) is 12.1. The van der Waals surface area contributed by atoms with Crippen LogP contribution in [0.5, 0.6) is 0 Å². The third kappa shape index (κ3) is 8.81. The number of halogens is 1. The molecule has 0 spiro atoms. The van der Waals surface area contributed by atoms with Gasteiger partial charge < -0.3 is 5.32 Å². The molecule has 0 saturated carbocycles. The minimum atomic E-state index is -3.41. The van der Waals surface area contributed by atoms with Gasteiger partial charge in [0, 0.05) is 22.1 Å². The summed E-state index contributed by atoms with van der Waals surface area (Å²) in [6, 6.07) is 5.67. The molecule has 0 aliphatic carbocycles. The molecule has 0 aliphatic heterocycles. The minimum Gasteiger partial charge on any atom is -0.351 e. The first-order valence-electron chi connectivity index (χ1n) is 9.16. The van der Waals surface area contributed by atoms with Crippen LogP contribution in [0.1, 0.15) is 59.4 Å². The lowest BCUT2D eigenvalue weighted by molar-refractivity contribution is -0.123. The Morgan fingerprint density at radius 3 is 2.26 bits per heavy atom. The Kier molecular flexibility index (Phi) is 8.17. The average Bonchev–Trinajstić information content (AvgIpc) is 2.40. The van der Waals surface area contributed by atoms with Gasteiger partial charge in [-0.2, -0.15) is 0 Å². The molecular formula is C20H33IN2O3S. The van der Waals surface area contributed by atoms with Crippen LogP contribution in [-0.2, 0) is 14.8 Å². The molecule has 0 atom stereocenters. The lowest BCUT2D eigenvalue weighted by atomic mass is 9.82. The van der Waals surface area contributed by atoms with Crippen LogP contribution in [-0.4, -0.2) is 32.7 Å². The Balaban J connectivity index is 2.74. The molecule has 154 valence electrons. The lowest BCUT2D eigenvalue weighted by Crippen LogP contribution is -2.46.